The van der Waals surface area contributed by atoms with Crippen LogP contribution in [-0.4, -0.2) is 16.2 Å². The summed E-state index contributed by atoms with van der Waals surface area (Å²) < 4.78 is 0. The van der Waals surface area contributed by atoms with E-state index in [0.29, 0.717) is 11.5 Å². The second-order valence-electron chi connectivity index (χ2n) is 1.69. The summed E-state index contributed by atoms with van der Waals surface area (Å²) in [4.78, 5) is 10.2. The summed E-state index contributed by atoms with van der Waals surface area (Å²) in [6.07, 6.45) is 1.38. The second-order valence-corrected chi connectivity index (χ2v) is 1.69. The predicted molar refractivity (Wildman–Crippen MR) is 36.2 cm³/mol. The van der Waals surface area contributed by atoms with Crippen molar-refractivity contribution in [3.8, 4) is 0 Å². The van der Waals surface area contributed by atoms with Crippen LogP contribution >= 0.6 is 0 Å². The number of primary amides is 1. The molecule has 6 N–H and O–H groups in total. The van der Waals surface area contributed by atoms with Crippen molar-refractivity contribution in [3.05, 3.63) is 6.20 Å². The van der Waals surface area contributed by atoms with Gasteiger partial charge in [0.1, 0.15) is 0 Å². The number of nitrogens with two attached hydrogens (primary N) is 2. The van der Waals surface area contributed by atoms with E-state index in [0.717, 1.165) is 0 Å². The first-order valence-electron chi connectivity index (χ1n) is 2.55. The summed E-state index contributed by atoms with van der Waals surface area (Å²) >= 11 is 0. The van der Waals surface area contributed by atoms with Gasteiger partial charge in [-0.2, -0.15) is 5.10 Å². The number of rotatable bonds is 1. The molecule has 6 heteroatoms. The average Bonchev–Trinajstić information content (AvgIpc) is 2.15. The molecule has 0 radical (unpaired) electrons. The lowest BCUT2D eigenvalue weighted by Gasteiger charge is -1.95. The number of nitrogen functional groups attached to an aromatic ring is 1. The number of urea groups is 1. The van der Waals surface area contributed by atoms with Gasteiger partial charge in [-0.15, -0.1) is 0 Å². The molecule has 1 aromatic heterocycles. The van der Waals surface area contributed by atoms with Crippen molar-refractivity contribution in [3.63, 3.8) is 0 Å². The highest BCUT2D eigenvalue weighted by Crippen LogP contribution is 2.10. The topological polar surface area (TPSA) is 110 Å². The zero-order valence-corrected chi connectivity index (χ0v) is 5.09. The lowest BCUT2D eigenvalue weighted by Crippen LogP contribution is -2.20. The monoisotopic (exact) mass is 141 g/mol. The van der Waals surface area contributed by atoms with Crippen LogP contribution < -0.4 is 16.8 Å². The number of hydrogen-bond donors (Lipinski definition) is 4. The first-order valence-corrected chi connectivity index (χ1v) is 2.55. The molecule has 0 saturated heterocycles. The van der Waals surface area contributed by atoms with E-state index in [2.05, 4.69) is 15.5 Å². The molecule has 0 unspecified atom stereocenters. The Morgan fingerprint density at radius 1 is 1.80 bits per heavy atom. The summed E-state index contributed by atoms with van der Waals surface area (Å²) in [6.45, 7) is 0. The number of nitrogens with zero attached hydrogens (tertiary/aromatic N) is 1. The standard InChI is InChI=1S/C4H7N5O/c5-2-1-7-9-3(2)8-4(6)10/h1H,5H2,(H4,6,7,8,9,10). The molecular weight excluding hydrogens is 134 g/mol. The maximum absolute atomic E-state index is 10.2. The summed E-state index contributed by atoms with van der Waals surface area (Å²) in [5.41, 5.74) is 10.5. The number of carbonyl (C=O) groups is 1. The number of carbonyl (C=O) groups excluding carboxylic acids is 1. The van der Waals surface area contributed by atoms with Crippen molar-refractivity contribution in [2.75, 3.05) is 11.1 Å². The molecule has 0 fully saturated rings. The lowest BCUT2D eigenvalue weighted by atomic mass is 10.5. The number of amides is 2. The molecule has 2 amide bonds. The van der Waals surface area contributed by atoms with Crippen LogP contribution in [0.5, 0.6) is 0 Å². The molecule has 6 nitrogen and oxygen atoms in total. The van der Waals surface area contributed by atoms with Gasteiger partial charge in [0.25, 0.3) is 0 Å². The Hall–Kier alpha value is -1.72. The smallest absolute Gasteiger partial charge is 0.317 e. The van der Waals surface area contributed by atoms with Gasteiger partial charge < -0.3 is 11.5 Å². The highest BCUT2D eigenvalue weighted by atomic mass is 16.2. The van der Waals surface area contributed by atoms with E-state index in [-0.39, 0.29) is 0 Å². The Morgan fingerprint density at radius 3 is 2.90 bits per heavy atom. The Balaban J connectivity index is 2.74. The molecule has 0 spiro atoms. The normalized spacial score (nSPS) is 9.20. The molecule has 0 atom stereocenters. The van der Waals surface area contributed by atoms with Crippen LogP contribution in [0.15, 0.2) is 6.20 Å². The molecule has 10 heavy (non-hydrogen) atoms. The molecule has 1 aromatic rings. The Kier molecular flexibility index (Phi) is 1.44. The molecule has 1 heterocycles. The molecule has 0 aliphatic heterocycles. The summed E-state index contributed by atoms with van der Waals surface area (Å²) in [7, 11) is 0. The van der Waals surface area contributed by atoms with Gasteiger partial charge in [0.2, 0.25) is 0 Å². The number of aromatic nitrogens is 2. The molecule has 0 aliphatic rings. The number of hydrogen-bond acceptors (Lipinski definition) is 3. The maximum Gasteiger partial charge on any atom is 0.317 e. The number of H-pyrrole nitrogens is 1. The molecular formula is C4H7N5O. The van der Waals surface area contributed by atoms with Crippen LogP contribution in [0.1, 0.15) is 0 Å². The Bertz CT molecular complexity index is 242. The van der Waals surface area contributed by atoms with Crippen LogP contribution in [0, 0.1) is 0 Å². The first kappa shape index (κ1) is 6.40. The van der Waals surface area contributed by atoms with Crippen molar-refractivity contribution >= 4 is 17.5 Å². The van der Waals surface area contributed by atoms with Crippen LogP contribution in [-0.2, 0) is 0 Å². The van der Waals surface area contributed by atoms with Crippen LogP contribution in [0.2, 0.25) is 0 Å². The van der Waals surface area contributed by atoms with Crippen LogP contribution in [0.3, 0.4) is 0 Å². The third-order valence-electron chi connectivity index (χ3n) is 0.917. The van der Waals surface area contributed by atoms with Crippen molar-refractivity contribution in [1.82, 2.24) is 10.2 Å². The fourth-order valence-corrected chi connectivity index (χ4v) is 0.519. The minimum atomic E-state index is -0.670. The highest BCUT2D eigenvalue weighted by Gasteiger charge is 2.00. The molecule has 0 bridgehead atoms. The van der Waals surface area contributed by atoms with Crippen molar-refractivity contribution in [1.29, 1.82) is 0 Å². The molecule has 54 valence electrons. The van der Waals surface area contributed by atoms with Crippen molar-refractivity contribution < 1.29 is 4.79 Å². The SMILES string of the molecule is NC(=O)Nc1[nH]ncc1N. The number of anilines is 2. The average molecular weight is 141 g/mol. The number of aromatic amines is 1. The minimum absolute atomic E-state index is 0.326. The quantitative estimate of drug-likeness (QED) is 0.422. The highest BCUT2D eigenvalue weighted by molar-refractivity contribution is 5.89. The van der Waals surface area contributed by atoms with E-state index in [9.17, 15) is 4.79 Å². The van der Waals surface area contributed by atoms with Gasteiger partial charge in [-0.3, -0.25) is 10.4 Å². The minimum Gasteiger partial charge on any atom is -0.394 e. The van der Waals surface area contributed by atoms with Crippen LogP contribution in [0.25, 0.3) is 0 Å². The molecule has 0 aliphatic carbocycles. The number of nitrogens with one attached hydrogen (secondary N) is 2. The van der Waals surface area contributed by atoms with Gasteiger partial charge in [-0.1, -0.05) is 0 Å². The van der Waals surface area contributed by atoms with Crippen molar-refractivity contribution in [2.24, 2.45) is 5.73 Å². The zero-order chi connectivity index (χ0) is 7.56. The lowest BCUT2D eigenvalue weighted by molar-refractivity contribution is 0.259. The first-order chi connectivity index (χ1) is 4.70. The Morgan fingerprint density at radius 2 is 2.50 bits per heavy atom. The molecule has 0 aromatic carbocycles. The second kappa shape index (κ2) is 2.26. The molecule has 0 saturated carbocycles. The van der Waals surface area contributed by atoms with E-state index in [1.54, 1.807) is 0 Å². The molecule has 1 rings (SSSR count). The summed E-state index contributed by atoms with van der Waals surface area (Å²) in [6, 6.07) is -0.670. The van der Waals surface area contributed by atoms with Gasteiger partial charge in [0.05, 0.1) is 11.9 Å². The Labute approximate surface area is 56.6 Å². The predicted octanol–water partition coefficient (Wildman–Crippen LogP) is -0.518. The van der Waals surface area contributed by atoms with E-state index < -0.39 is 6.03 Å². The van der Waals surface area contributed by atoms with Crippen LogP contribution in [0.4, 0.5) is 16.3 Å². The van der Waals surface area contributed by atoms with Gasteiger partial charge in [0, 0.05) is 0 Å². The van der Waals surface area contributed by atoms with E-state index >= 15 is 0 Å². The summed E-state index contributed by atoms with van der Waals surface area (Å²) in [5.74, 6) is 0.326. The van der Waals surface area contributed by atoms with Gasteiger partial charge in [0.15, 0.2) is 5.82 Å². The van der Waals surface area contributed by atoms with E-state index in [4.69, 9.17) is 11.5 Å². The van der Waals surface area contributed by atoms with Crippen molar-refractivity contribution in [2.45, 2.75) is 0 Å². The van der Waals surface area contributed by atoms with Gasteiger partial charge >= 0.3 is 6.03 Å². The van der Waals surface area contributed by atoms with E-state index in [1.807, 2.05) is 0 Å². The maximum atomic E-state index is 10.2. The van der Waals surface area contributed by atoms with Gasteiger partial charge in [-0.05, 0) is 0 Å². The largest absolute Gasteiger partial charge is 0.394 e. The van der Waals surface area contributed by atoms with E-state index in [1.165, 1.54) is 6.20 Å². The van der Waals surface area contributed by atoms with Gasteiger partial charge in [-0.25, -0.2) is 4.79 Å². The fraction of sp³-hybridized carbons (Fsp3) is 0. The zero-order valence-electron chi connectivity index (χ0n) is 5.09. The third kappa shape index (κ3) is 1.16. The third-order valence-corrected chi connectivity index (χ3v) is 0.917. The fourth-order valence-electron chi connectivity index (χ4n) is 0.519. The summed E-state index contributed by atoms with van der Waals surface area (Å²) in [5, 5.41) is 8.25.